The Hall–Kier alpha value is -3.19. The minimum Gasteiger partial charge on any atom is -0.364 e. The lowest BCUT2D eigenvalue weighted by Crippen LogP contribution is -2.29. The number of pyridine rings is 2. The molecule has 1 amide bonds. The number of H-pyrrole nitrogens is 1. The van der Waals surface area contributed by atoms with Crippen LogP contribution in [0.1, 0.15) is 35.0 Å². The van der Waals surface area contributed by atoms with Crippen LogP contribution in [-0.2, 0) is 19.4 Å². The zero-order valence-electron chi connectivity index (χ0n) is 16.5. The van der Waals surface area contributed by atoms with Crippen LogP contribution in [-0.4, -0.2) is 33.5 Å². The van der Waals surface area contributed by atoms with E-state index in [9.17, 15) is 9.59 Å². The molecule has 29 heavy (non-hydrogen) atoms. The lowest BCUT2D eigenvalue weighted by molar-refractivity contribution is 0.102. The van der Waals surface area contributed by atoms with Crippen molar-refractivity contribution in [2.45, 2.75) is 32.7 Å². The first-order chi connectivity index (χ1) is 14.2. The number of carbonyl (C=O) groups is 1. The summed E-state index contributed by atoms with van der Waals surface area (Å²) in [7, 11) is 0. The zero-order valence-corrected chi connectivity index (χ0v) is 16.5. The van der Waals surface area contributed by atoms with E-state index in [1.807, 2.05) is 13.0 Å². The van der Waals surface area contributed by atoms with Crippen LogP contribution in [0.15, 0.2) is 47.7 Å². The van der Waals surface area contributed by atoms with Crippen molar-refractivity contribution >= 4 is 11.6 Å². The normalized spacial score (nSPS) is 12.7. The van der Waals surface area contributed by atoms with Gasteiger partial charge in [-0.25, -0.2) is 0 Å². The van der Waals surface area contributed by atoms with E-state index in [1.54, 1.807) is 35.3 Å². The second-order valence-electron chi connectivity index (χ2n) is 7.15. The Kier molecular flexibility index (Phi) is 5.57. The highest BCUT2D eigenvalue weighted by Crippen LogP contribution is 2.33. The first-order valence-corrected chi connectivity index (χ1v) is 10.0. The average molecular weight is 391 g/mol. The van der Waals surface area contributed by atoms with Gasteiger partial charge in [0.2, 0.25) is 0 Å². The van der Waals surface area contributed by atoms with Crippen molar-refractivity contribution < 1.29 is 4.79 Å². The number of rotatable bonds is 6. The van der Waals surface area contributed by atoms with Gasteiger partial charge in [0.1, 0.15) is 5.69 Å². The number of likely N-dealkylation sites (N-methyl/N-ethyl adjacent to an activating group) is 1. The summed E-state index contributed by atoms with van der Waals surface area (Å²) >= 11 is 0. The van der Waals surface area contributed by atoms with E-state index < -0.39 is 0 Å². The number of anilines is 1. The minimum absolute atomic E-state index is 0.209. The Bertz CT molecular complexity index is 1080. The van der Waals surface area contributed by atoms with Crippen LogP contribution >= 0.6 is 0 Å². The van der Waals surface area contributed by atoms with E-state index in [1.165, 1.54) is 0 Å². The first kappa shape index (κ1) is 19.1. The Labute approximate surface area is 169 Å². The fourth-order valence-electron chi connectivity index (χ4n) is 3.81. The summed E-state index contributed by atoms with van der Waals surface area (Å²) < 4.78 is 1.60. The number of nitrogens with one attached hydrogen (secondary N) is 3. The van der Waals surface area contributed by atoms with Crippen molar-refractivity contribution in [1.82, 2.24) is 19.9 Å². The van der Waals surface area contributed by atoms with E-state index in [0.717, 1.165) is 48.3 Å². The van der Waals surface area contributed by atoms with E-state index in [2.05, 4.69) is 26.7 Å². The van der Waals surface area contributed by atoms with E-state index in [0.29, 0.717) is 18.7 Å². The van der Waals surface area contributed by atoms with Crippen LogP contribution < -0.4 is 16.2 Å². The first-order valence-electron chi connectivity index (χ1n) is 10.0. The SMILES string of the molecule is CCNCCn1cccc(NC(=O)c2c[nH]c3c2-c2ncccc2CCC3)c1=O. The molecule has 0 fully saturated rings. The van der Waals surface area contributed by atoms with Crippen molar-refractivity contribution in [3.8, 4) is 11.3 Å². The number of nitrogens with zero attached hydrogens (tertiary/aromatic N) is 2. The predicted octanol–water partition coefficient (Wildman–Crippen LogP) is 2.59. The largest absolute Gasteiger partial charge is 0.364 e. The fourth-order valence-corrected chi connectivity index (χ4v) is 3.81. The van der Waals surface area contributed by atoms with Crippen LogP contribution in [0.4, 0.5) is 5.69 Å². The number of aromatic amines is 1. The second-order valence-corrected chi connectivity index (χ2v) is 7.15. The molecular formula is C22H25N5O2. The molecule has 0 spiro atoms. The summed E-state index contributed by atoms with van der Waals surface area (Å²) in [5.74, 6) is -0.303. The number of amides is 1. The third-order valence-corrected chi connectivity index (χ3v) is 5.26. The monoisotopic (exact) mass is 391 g/mol. The third kappa shape index (κ3) is 3.86. The van der Waals surface area contributed by atoms with Crippen LogP contribution in [0.25, 0.3) is 11.3 Å². The number of aromatic nitrogens is 3. The lowest BCUT2D eigenvalue weighted by Gasteiger charge is -2.11. The van der Waals surface area contributed by atoms with Gasteiger partial charge in [0, 0.05) is 42.9 Å². The number of hydrogen-bond acceptors (Lipinski definition) is 4. The average Bonchev–Trinajstić information content (AvgIpc) is 3.06. The highest BCUT2D eigenvalue weighted by molar-refractivity contribution is 6.09. The van der Waals surface area contributed by atoms with E-state index >= 15 is 0 Å². The summed E-state index contributed by atoms with van der Waals surface area (Å²) in [5.41, 5.74) is 4.44. The van der Waals surface area contributed by atoms with Crippen molar-refractivity contribution in [2.24, 2.45) is 0 Å². The highest BCUT2D eigenvalue weighted by Gasteiger charge is 2.24. The maximum absolute atomic E-state index is 13.1. The van der Waals surface area contributed by atoms with Gasteiger partial charge in [0.15, 0.2) is 0 Å². The van der Waals surface area contributed by atoms with Gasteiger partial charge < -0.3 is 20.2 Å². The van der Waals surface area contributed by atoms with Gasteiger partial charge in [-0.2, -0.15) is 0 Å². The number of fused-ring (bicyclic) bond motifs is 3. The van der Waals surface area contributed by atoms with Gasteiger partial charge in [-0.1, -0.05) is 13.0 Å². The van der Waals surface area contributed by atoms with Gasteiger partial charge in [-0.15, -0.1) is 0 Å². The molecule has 7 nitrogen and oxygen atoms in total. The molecule has 3 aromatic rings. The maximum atomic E-state index is 13.1. The van der Waals surface area contributed by atoms with Gasteiger partial charge >= 0.3 is 0 Å². The molecule has 0 bridgehead atoms. The summed E-state index contributed by atoms with van der Waals surface area (Å²) in [6.45, 7) is 4.11. The second kappa shape index (κ2) is 8.45. The van der Waals surface area contributed by atoms with E-state index in [4.69, 9.17) is 0 Å². The molecule has 0 saturated heterocycles. The molecule has 0 radical (unpaired) electrons. The predicted molar refractivity (Wildman–Crippen MR) is 113 cm³/mol. The summed E-state index contributed by atoms with van der Waals surface area (Å²) in [5, 5.41) is 6.00. The minimum atomic E-state index is -0.303. The van der Waals surface area contributed by atoms with Gasteiger partial charge in [0.25, 0.3) is 11.5 Å². The lowest BCUT2D eigenvalue weighted by atomic mass is 10.0. The van der Waals surface area contributed by atoms with Crippen molar-refractivity contribution in [1.29, 1.82) is 0 Å². The molecule has 1 aliphatic rings. The topological polar surface area (TPSA) is 91.8 Å². The highest BCUT2D eigenvalue weighted by atomic mass is 16.2. The Morgan fingerprint density at radius 2 is 2.17 bits per heavy atom. The molecule has 0 aromatic carbocycles. The van der Waals surface area contributed by atoms with Gasteiger partial charge in [-0.3, -0.25) is 14.6 Å². The molecule has 0 unspecified atom stereocenters. The van der Waals surface area contributed by atoms with E-state index in [-0.39, 0.29) is 17.2 Å². The Morgan fingerprint density at radius 3 is 3.03 bits per heavy atom. The van der Waals surface area contributed by atoms with Crippen LogP contribution in [0.3, 0.4) is 0 Å². The standard InChI is InChI=1S/C22H25N5O2/c1-2-23-11-13-27-12-5-9-18(22(27)29)26-21(28)16-14-25-17-8-3-6-15-7-4-10-24-20(15)19(16)17/h4-5,7,9-10,12,14,23,25H,2-3,6,8,11,13H2,1H3,(H,26,28). The summed E-state index contributed by atoms with van der Waals surface area (Å²) in [6.07, 6.45) is 8.00. The van der Waals surface area contributed by atoms with Crippen molar-refractivity contribution in [3.63, 3.8) is 0 Å². The molecular weight excluding hydrogens is 366 g/mol. The molecule has 150 valence electrons. The molecule has 3 aromatic heterocycles. The molecule has 3 heterocycles. The number of aryl methyl sites for hydroxylation is 2. The molecule has 3 N–H and O–H groups in total. The molecule has 4 rings (SSSR count). The third-order valence-electron chi connectivity index (χ3n) is 5.26. The van der Waals surface area contributed by atoms with Gasteiger partial charge in [0.05, 0.1) is 11.3 Å². The molecule has 0 atom stereocenters. The van der Waals surface area contributed by atoms with Crippen molar-refractivity contribution in [2.75, 3.05) is 18.4 Å². The van der Waals surface area contributed by atoms with Crippen molar-refractivity contribution in [3.05, 3.63) is 70.0 Å². The Balaban J connectivity index is 1.63. The zero-order chi connectivity index (χ0) is 20.2. The molecule has 1 aliphatic carbocycles. The summed E-state index contributed by atoms with van der Waals surface area (Å²) in [6, 6.07) is 7.40. The molecule has 7 heteroatoms. The van der Waals surface area contributed by atoms with Gasteiger partial charge in [-0.05, 0) is 49.6 Å². The molecule has 0 aliphatic heterocycles. The Morgan fingerprint density at radius 1 is 1.28 bits per heavy atom. The maximum Gasteiger partial charge on any atom is 0.274 e. The smallest absolute Gasteiger partial charge is 0.274 e. The number of carbonyl (C=O) groups excluding carboxylic acids is 1. The quantitative estimate of drug-likeness (QED) is 0.563. The van der Waals surface area contributed by atoms with Crippen LogP contribution in [0.5, 0.6) is 0 Å². The summed E-state index contributed by atoms with van der Waals surface area (Å²) in [4.78, 5) is 33.6. The fraction of sp³-hybridized carbons (Fsp3) is 0.318. The molecule has 0 saturated carbocycles. The van der Waals surface area contributed by atoms with Crippen LogP contribution in [0, 0.1) is 0 Å². The number of hydrogen-bond donors (Lipinski definition) is 3. The van der Waals surface area contributed by atoms with Crippen LogP contribution in [0.2, 0.25) is 0 Å².